The Hall–Kier alpha value is -3.09. The molecule has 1 heterocycles. The number of aryl methyl sites for hydroxylation is 2. The van der Waals surface area contributed by atoms with E-state index in [1.54, 1.807) is 6.92 Å². The standard InChI is InChI=1S/C20H18F3N3O/c1-12-6-4-7-13(2)18(12)25-19(27)17-11-24-26(14(17)3)16-9-5-8-15(10-16)20(21,22)23/h4-11H,1-3H3,(H,25,27). The maximum Gasteiger partial charge on any atom is 0.416 e. The van der Waals surface area contributed by atoms with Crippen LogP contribution in [0.1, 0.15) is 32.7 Å². The lowest BCUT2D eigenvalue weighted by Gasteiger charge is -2.12. The predicted molar refractivity (Wildman–Crippen MR) is 97.2 cm³/mol. The van der Waals surface area contributed by atoms with Crippen molar-refractivity contribution in [2.45, 2.75) is 26.9 Å². The molecule has 0 unspecified atom stereocenters. The highest BCUT2D eigenvalue weighted by Gasteiger charge is 2.30. The first-order valence-corrected chi connectivity index (χ1v) is 8.28. The number of hydrogen-bond donors (Lipinski definition) is 1. The lowest BCUT2D eigenvalue weighted by molar-refractivity contribution is -0.137. The second-order valence-corrected chi connectivity index (χ2v) is 6.32. The first-order valence-electron chi connectivity index (χ1n) is 8.28. The number of amides is 1. The van der Waals surface area contributed by atoms with E-state index in [-0.39, 0.29) is 11.6 Å². The highest BCUT2D eigenvalue weighted by atomic mass is 19.4. The highest BCUT2D eigenvalue weighted by molar-refractivity contribution is 6.05. The number of hydrogen-bond acceptors (Lipinski definition) is 2. The Labute approximate surface area is 154 Å². The minimum atomic E-state index is -4.44. The second kappa shape index (κ2) is 6.90. The van der Waals surface area contributed by atoms with Crippen molar-refractivity contribution in [3.8, 4) is 5.69 Å². The quantitative estimate of drug-likeness (QED) is 0.697. The largest absolute Gasteiger partial charge is 0.416 e. The van der Waals surface area contributed by atoms with Crippen LogP contribution in [0.3, 0.4) is 0 Å². The molecule has 0 fully saturated rings. The van der Waals surface area contributed by atoms with Gasteiger partial charge in [-0.05, 0) is 50.1 Å². The molecule has 2 aromatic carbocycles. The zero-order chi connectivity index (χ0) is 19.8. The smallest absolute Gasteiger partial charge is 0.321 e. The summed E-state index contributed by atoms with van der Waals surface area (Å²) < 4.78 is 40.2. The predicted octanol–water partition coefficient (Wildman–Crippen LogP) is 5.07. The molecule has 0 bridgehead atoms. The molecule has 27 heavy (non-hydrogen) atoms. The van der Waals surface area contributed by atoms with Crippen LogP contribution in [0.4, 0.5) is 18.9 Å². The van der Waals surface area contributed by atoms with E-state index in [1.165, 1.54) is 23.0 Å². The summed E-state index contributed by atoms with van der Waals surface area (Å²) in [7, 11) is 0. The molecule has 0 aliphatic heterocycles. The first-order chi connectivity index (χ1) is 12.7. The molecular weight excluding hydrogens is 355 g/mol. The molecule has 4 nitrogen and oxygen atoms in total. The molecule has 0 radical (unpaired) electrons. The third kappa shape index (κ3) is 3.72. The van der Waals surface area contributed by atoms with Crippen molar-refractivity contribution in [2.24, 2.45) is 0 Å². The molecule has 140 valence electrons. The summed E-state index contributed by atoms with van der Waals surface area (Å²) in [6.45, 7) is 5.43. The molecule has 0 aliphatic rings. The van der Waals surface area contributed by atoms with E-state index in [9.17, 15) is 18.0 Å². The highest BCUT2D eigenvalue weighted by Crippen LogP contribution is 2.30. The fourth-order valence-corrected chi connectivity index (χ4v) is 2.90. The molecule has 0 aliphatic carbocycles. The number of carbonyl (C=O) groups is 1. The topological polar surface area (TPSA) is 46.9 Å². The molecule has 1 aromatic heterocycles. The van der Waals surface area contributed by atoms with Crippen molar-refractivity contribution < 1.29 is 18.0 Å². The zero-order valence-corrected chi connectivity index (χ0v) is 15.1. The van der Waals surface area contributed by atoms with E-state index in [0.717, 1.165) is 23.3 Å². The van der Waals surface area contributed by atoms with Crippen molar-refractivity contribution in [2.75, 3.05) is 5.32 Å². The third-order valence-electron chi connectivity index (χ3n) is 4.39. The summed E-state index contributed by atoms with van der Waals surface area (Å²) >= 11 is 0. The minimum absolute atomic E-state index is 0.244. The third-order valence-corrected chi connectivity index (χ3v) is 4.39. The van der Waals surface area contributed by atoms with Crippen molar-refractivity contribution in [3.05, 3.63) is 76.6 Å². The van der Waals surface area contributed by atoms with Crippen molar-refractivity contribution >= 4 is 11.6 Å². The van der Waals surface area contributed by atoms with E-state index < -0.39 is 11.7 Å². The monoisotopic (exact) mass is 373 g/mol. The molecule has 3 rings (SSSR count). The lowest BCUT2D eigenvalue weighted by atomic mass is 10.1. The Morgan fingerprint density at radius 3 is 2.30 bits per heavy atom. The van der Waals surface area contributed by atoms with E-state index in [1.807, 2.05) is 32.0 Å². The number of carbonyl (C=O) groups excluding carboxylic acids is 1. The number of aromatic nitrogens is 2. The van der Waals surface area contributed by atoms with Crippen LogP contribution in [0.2, 0.25) is 0 Å². The zero-order valence-electron chi connectivity index (χ0n) is 15.1. The fourth-order valence-electron chi connectivity index (χ4n) is 2.90. The lowest BCUT2D eigenvalue weighted by Crippen LogP contribution is -2.15. The number of alkyl halides is 3. The molecular formula is C20H18F3N3O. The van der Waals surface area contributed by atoms with Gasteiger partial charge in [-0.3, -0.25) is 4.79 Å². The molecule has 7 heteroatoms. The van der Waals surface area contributed by atoms with E-state index in [0.29, 0.717) is 16.9 Å². The molecule has 0 saturated heterocycles. The average Bonchev–Trinajstić information content (AvgIpc) is 2.99. The van der Waals surface area contributed by atoms with Crippen LogP contribution in [-0.2, 0) is 6.18 Å². The number of halogens is 3. The maximum atomic E-state index is 12.9. The van der Waals surface area contributed by atoms with E-state index in [4.69, 9.17) is 0 Å². The van der Waals surface area contributed by atoms with Gasteiger partial charge in [-0.25, -0.2) is 4.68 Å². The Morgan fingerprint density at radius 1 is 1.04 bits per heavy atom. The van der Waals surface area contributed by atoms with Gasteiger partial charge in [0.15, 0.2) is 0 Å². The van der Waals surface area contributed by atoms with Gasteiger partial charge in [0.1, 0.15) is 0 Å². The van der Waals surface area contributed by atoms with Crippen LogP contribution in [0.25, 0.3) is 5.69 Å². The Balaban J connectivity index is 1.93. The molecule has 0 atom stereocenters. The molecule has 3 aromatic rings. The Morgan fingerprint density at radius 2 is 1.67 bits per heavy atom. The van der Waals surface area contributed by atoms with Crippen LogP contribution < -0.4 is 5.32 Å². The van der Waals surface area contributed by atoms with Crippen LogP contribution in [0, 0.1) is 20.8 Å². The molecule has 0 spiro atoms. The van der Waals surface area contributed by atoms with Gasteiger partial charge >= 0.3 is 6.18 Å². The number of rotatable bonds is 3. The average molecular weight is 373 g/mol. The molecule has 0 saturated carbocycles. The van der Waals surface area contributed by atoms with E-state index in [2.05, 4.69) is 10.4 Å². The number of nitrogens with one attached hydrogen (secondary N) is 1. The summed E-state index contributed by atoms with van der Waals surface area (Å²) in [6.07, 6.45) is -3.09. The number of para-hydroxylation sites is 1. The number of nitrogens with zero attached hydrogens (tertiary/aromatic N) is 2. The summed E-state index contributed by atoms with van der Waals surface area (Å²) in [4.78, 5) is 12.7. The summed E-state index contributed by atoms with van der Waals surface area (Å²) in [5.74, 6) is -0.358. The summed E-state index contributed by atoms with van der Waals surface area (Å²) in [6, 6.07) is 10.5. The van der Waals surface area contributed by atoms with Gasteiger partial charge in [0.05, 0.1) is 28.7 Å². The molecule has 1 N–H and O–H groups in total. The number of benzene rings is 2. The van der Waals surface area contributed by atoms with Gasteiger partial charge in [-0.1, -0.05) is 24.3 Å². The SMILES string of the molecule is Cc1cccc(C)c1NC(=O)c1cnn(-c2cccc(C(F)(F)F)c2)c1C. The van der Waals surface area contributed by atoms with Crippen molar-refractivity contribution in [1.29, 1.82) is 0 Å². The fraction of sp³-hybridized carbons (Fsp3) is 0.200. The van der Waals surface area contributed by atoms with Gasteiger partial charge in [-0.15, -0.1) is 0 Å². The minimum Gasteiger partial charge on any atom is -0.321 e. The van der Waals surface area contributed by atoms with Crippen LogP contribution >= 0.6 is 0 Å². The van der Waals surface area contributed by atoms with Crippen molar-refractivity contribution in [3.63, 3.8) is 0 Å². The van der Waals surface area contributed by atoms with Crippen molar-refractivity contribution in [1.82, 2.24) is 9.78 Å². The normalized spacial score (nSPS) is 11.5. The van der Waals surface area contributed by atoms with Crippen LogP contribution in [0.15, 0.2) is 48.7 Å². The first kappa shape index (κ1) is 18.7. The van der Waals surface area contributed by atoms with Crippen LogP contribution in [0.5, 0.6) is 0 Å². The van der Waals surface area contributed by atoms with Gasteiger partial charge in [0.25, 0.3) is 5.91 Å². The summed E-state index contributed by atoms with van der Waals surface area (Å²) in [5, 5.41) is 6.97. The maximum absolute atomic E-state index is 12.9. The van der Waals surface area contributed by atoms with Gasteiger partial charge < -0.3 is 5.32 Å². The summed E-state index contributed by atoms with van der Waals surface area (Å²) in [5.41, 5.74) is 2.80. The van der Waals surface area contributed by atoms with Gasteiger partial charge in [0.2, 0.25) is 0 Å². The van der Waals surface area contributed by atoms with E-state index >= 15 is 0 Å². The van der Waals surface area contributed by atoms with Gasteiger partial charge in [-0.2, -0.15) is 18.3 Å². The second-order valence-electron chi connectivity index (χ2n) is 6.32. The van der Waals surface area contributed by atoms with Crippen LogP contribution in [-0.4, -0.2) is 15.7 Å². The molecule has 1 amide bonds. The Kier molecular flexibility index (Phi) is 4.78. The Bertz CT molecular complexity index is 986. The number of anilines is 1. The van der Waals surface area contributed by atoms with Gasteiger partial charge in [0, 0.05) is 5.69 Å².